The van der Waals surface area contributed by atoms with Crippen molar-refractivity contribution in [2.45, 2.75) is 13.3 Å². The summed E-state index contributed by atoms with van der Waals surface area (Å²) in [5.41, 5.74) is -3.16. The van der Waals surface area contributed by atoms with E-state index in [0.29, 0.717) is 6.42 Å². The lowest BCUT2D eigenvalue weighted by atomic mass is 9.61. The summed E-state index contributed by atoms with van der Waals surface area (Å²) >= 11 is 0. The molecule has 2 aliphatic rings. The van der Waals surface area contributed by atoms with Crippen molar-refractivity contribution < 1.29 is 0 Å². The van der Waals surface area contributed by atoms with Gasteiger partial charge in [0.25, 0.3) is 0 Å². The van der Waals surface area contributed by atoms with Crippen LogP contribution in [0.3, 0.4) is 0 Å². The highest BCUT2D eigenvalue weighted by Crippen LogP contribution is 2.61. The molecule has 0 aliphatic heterocycles. The van der Waals surface area contributed by atoms with Gasteiger partial charge in [-0.25, -0.2) is 0 Å². The van der Waals surface area contributed by atoms with Crippen molar-refractivity contribution in [1.29, 1.82) is 21.0 Å². The highest BCUT2D eigenvalue weighted by atomic mass is 14.7. The van der Waals surface area contributed by atoms with Crippen molar-refractivity contribution in [2.24, 2.45) is 28.6 Å². The molecule has 0 spiro atoms. The lowest BCUT2D eigenvalue weighted by molar-refractivity contribution is 0.233. The highest BCUT2D eigenvalue weighted by molar-refractivity contribution is 5.43. The first-order chi connectivity index (χ1) is 9.11. The third-order valence-corrected chi connectivity index (χ3v) is 4.45. The smallest absolute Gasteiger partial charge is 0.181 e. The SMILES string of the molecule is C[C@@H]1C=CC=C[C@@H]2C[C@@H]1C(C#N)(C#N)C2(C#N)C#N. The number of hydrogen-bond acceptors (Lipinski definition) is 4. The van der Waals surface area contributed by atoms with Crippen LogP contribution < -0.4 is 0 Å². The van der Waals surface area contributed by atoms with Crippen LogP contribution in [0.25, 0.3) is 0 Å². The van der Waals surface area contributed by atoms with E-state index in [9.17, 15) is 21.0 Å². The van der Waals surface area contributed by atoms with Gasteiger partial charge in [0.1, 0.15) is 0 Å². The van der Waals surface area contributed by atoms with Gasteiger partial charge in [0.15, 0.2) is 10.8 Å². The number of rotatable bonds is 0. The predicted molar refractivity (Wildman–Crippen MR) is 66.4 cm³/mol. The largest absolute Gasteiger partial charge is 0.196 e. The van der Waals surface area contributed by atoms with Crippen LogP contribution in [0.1, 0.15) is 13.3 Å². The van der Waals surface area contributed by atoms with Gasteiger partial charge in [-0.05, 0) is 12.3 Å². The van der Waals surface area contributed by atoms with E-state index >= 15 is 0 Å². The van der Waals surface area contributed by atoms with Gasteiger partial charge in [0.2, 0.25) is 0 Å². The minimum atomic E-state index is -1.59. The molecule has 92 valence electrons. The molecule has 0 aromatic heterocycles. The topological polar surface area (TPSA) is 95.2 Å². The minimum Gasteiger partial charge on any atom is -0.196 e. The lowest BCUT2D eigenvalue weighted by Gasteiger charge is -2.31. The standard InChI is InChI=1S/C15H12N4/c1-11-4-2-3-5-12-6-13(11)15(9-18,10-19)14(12,7-16)8-17/h2-5,11-13H,6H2,1H3/t11-,12-,13+/m1/s1. The zero-order chi connectivity index (χ0) is 14.1. The molecule has 1 saturated carbocycles. The van der Waals surface area contributed by atoms with E-state index in [2.05, 4.69) is 0 Å². The summed E-state index contributed by atoms with van der Waals surface area (Å²) in [4.78, 5) is 0. The van der Waals surface area contributed by atoms with Gasteiger partial charge >= 0.3 is 0 Å². The molecular formula is C15H12N4. The molecule has 0 N–H and O–H groups in total. The van der Waals surface area contributed by atoms with E-state index in [1.807, 2.05) is 43.4 Å². The number of hydrogen-bond donors (Lipinski definition) is 0. The molecule has 2 bridgehead atoms. The van der Waals surface area contributed by atoms with Gasteiger partial charge < -0.3 is 0 Å². The molecule has 0 saturated heterocycles. The third kappa shape index (κ3) is 1.35. The first-order valence-electron chi connectivity index (χ1n) is 6.12. The summed E-state index contributed by atoms with van der Waals surface area (Å²) < 4.78 is 0. The van der Waals surface area contributed by atoms with Crippen LogP contribution in [0.15, 0.2) is 24.3 Å². The van der Waals surface area contributed by atoms with Crippen LogP contribution in [0, 0.1) is 73.9 Å². The second kappa shape index (κ2) is 4.28. The zero-order valence-electron chi connectivity index (χ0n) is 10.5. The first-order valence-corrected chi connectivity index (χ1v) is 6.12. The lowest BCUT2D eigenvalue weighted by Crippen LogP contribution is -2.41. The van der Waals surface area contributed by atoms with Crippen LogP contribution in [0.2, 0.25) is 0 Å². The molecule has 0 amide bonds. The molecule has 0 aromatic rings. The molecule has 4 nitrogen and oxygen atoms in total. The van der Waals surface area contributed by atoms with E-state index in [1.54, 1.807) is 12.2 Å². The Bertz CT molecular complexity index is 586. The van der Waals surface area contributed by atoms with Gasteiger partial charge in [0.05, 0.1) is 24.3 Å². The number of nitriles is 4. The van der Waals surface area contributed by atoms with Gasteiger partial charge in [0, 0.05) is 11.8 Å². The van der Waals surface area contributed by atoms with Crippen molar-refractivity contribution in [2.75, 3.05) is 0 Å². The number of fused-ring (bicyclic) bond motifs is 2. The predicted octanol–water partition coefficient (Wildman–Crippen LogP) is 2.45. The monoisotopic (exact) mass is 248 g/mol. The summed E-state index contributed by atoms with van der Waals surface area (Å²) in [5, 5.41) is 38.1. The molecule has 0 unspecified atom stereocenters. The van der Waals surface area contributed by atoms with Crippen LogP contribution in [-0.4, -0.2) is 0 Å². The van der Waals surface area contributed by atoms with Gasteiger partial charge in [-0.15, -0.1) is 0 Å². The molecular weight excluding hydrogens is 236 g/mol. The quantitative estimate of drug-likeness (QED) is 0.657. The Balaban J connectivity index is 2.77. The van der Waals surface area contributed by atoms with Crippen LogP contribution in [0.4, 0.5) is 0 Å². The van der Waals surface area contributed by atoms with Crippen molar-refractivity contribution >= 4 is 0 Å². The van der Waals surface area contributed by atoms with E-state index in [1.165, 1.54) is 0 Å². The molecule has 2 aliphatic carbocycles. The second-order valence-electron chi connectivity index (χ2n) is 5.14. The molecule has 0 heterocycles. The zero-order valence-corrected chi connectivity index (χ0v) is 10.5. The Labute approximate surface area is 112 Å². The molecule has 2 rings (SSSR count). The fraction of sp³-hybridized carbons (Fsp3) is 0.467. The van der Waals surface area contributed by atoms with Gasteiger partial charge in [-0.2, -0.15) is 21.0 Å². The Morgan fingerprint density at radius 3 is 1.95 bits per heavy atom. The normalized spacial score (nSPS) is 33.0. The molecule has 4 heteroatoms. The van der Waals surface area contributed by atoms with Crippen LogP contribution in [0.5, 0.6) is 0 Å². The van der Waals surface area contributed by atoms with Crippen molar-refractivity contribution in [3.05, 3.63) is 24.3 Å². The summed E-state index contributed by atoms with van der Waals surface area (Å²) in [6, 6.07) is 7.97. The Morgan fingerprint density at radius 1 is 0.895 bits per heavy atom. The maximum Gasteiger partial charge on any atom is 0.181 e. The highest BCUT2D eigenvalue weighted by Gasteiger charge is 2.68. The third-order valence-electron chi connectivity index (χ3n) is 4.45. The molecule has 0 aromatic carbocycles. The maximum absolute atomic E-state index is 9.54. The molecule has 0 radical (unpaired) electrons. The average molecular weight is 248 g/mol. The Kier molecular flexibility index (Phi) is 2.90. The summed E-state index contributed by atoms with van der Waals surface area (Å²) in [6.07, 6.45) is 7.87. The van der Waals surface area contributed by atoms with E-state index in [-0.39, 0.29) is 17.8 Å². The fourth-order valence-electron chi connectivity index (χ4n) is 3.35. The van der Waals surface area contributed by atoms with Crippen LogP contribution in [-0.2, 0) is 0 Å². The van der Waals surface area contributed by atoms with Gasteiger partial charge in [-0.1, -0.05) is 31.2 Å². The first kappa shape index (κ1) is 12.9. The Morgan fingerprint density at radius 2 is 1.42 bits per heavy atom. The summed E-state index contributed by atoms with van der Waals surface area (Å²) in [7, 11) is 0. The van der Waals surface area contributed by atoms with E-state index in [4.69, 9.17) is 0 Å². The number of nitrogens with zero attached hydrogens (tertiary/aromatic N) is 4. The molecule has 3 atom stereocenters. The second-order valence-corrected chi connectivity index (χ2v) is 5.14. The number of allylic oxidation sites excluding steroid dienone is 4. The molecule has 19 heavy (non-hydrogen) atoms. The summed E-state index contributed by atoms with van der Waals surface area (Å²) in [5.74, 6) is -0.692. The fourth-order valence-corrected chi connectivity index (χ4v) is 3.35. The van der Waals surface area contributed by atoms with Crippen LogP contribution >= 0.6 is 0 Å². The molecule has 1 fully saturated rings. The Hall–Kier alpha value is -2.56. The van der Waals surface area contributed by atoms with Crippen molar-refractivity contribution in [3.63, 3.8) is 0 Å². The van der Waals surface area contributed by atoms with Crippen molar-refractivity contribution in [1.82, 2.24) is 0 Å². The van der Waals surface area contributed by atoms with Gasteiger partial charge in [-0.3, -0.25) is 0 Å². The summed E-state index contributed by atoms with van der Waals surface area (Å²) in [6.45, 7) is 1.92. The van der Waals surface area contributed by atoms with E-state index in [0.717, 1.165) is 0 Å². The minimum absolute atomic E-state index is 0.0182. The van der Waals surface area contributed by atoms with Crippen molar-refractivity contribution in [3.8, 4) is 24.3 Å². The van der Waals surface area contributed by atoms with E-state index < -0.39 is 10.8 Å². The maximum atomic E-state index is 9.54. The average Bonchev–Trinajstić information content (AvgIpc) is 2.73.